The Bertz CT molecular complexity index is 1320. The van der Waals surface area contributed by atoms with Crippen molar-refractivity contribution in [1.82, 2.24) is 24.5 Å². The molecular formula is C36H61BN6O12. The molecule has 6 N–H and O–H groups in total. The van der Waals surface area contributed by atoms with Crippen molar-refractivity contribution in [1.29, 1.82) is 0 Å². The first-order valence-corrected chi connectivity index (χ1v) is 18.9. The molecule has 1 aromatic carbocycles. The molecule has 0 bridgehead atoms. The highest BCUT2D eigenvalue weighted by Crippen LogP contribution is 2.17. The molecule has 0 unspecified atom stereocenters. The Morgan fingerprint density at radius 1 is 0.582 bits per heavy atom. The van der Waals surface area contributed by atoms with Gasteiger partial charge in [-0.2, -0.15) is 0 Å². The summed E-state index contributed by atoms with van der Waals surface area (Å²) in [7, 11) is -0.0248. The van der Waals surface area contributed by atoms with E-state index in [0.717, 1.165) is 0 Å². The van der Waals surface area contributed by atoms with Gasteiger partial charge in [-0.05, 0) is 49.7 Å². The molecular weight excluding hydrogens is 719 g/mol. The summed E-state index contributed by atoms with van der Waals surface area (Å²) < 4.78 is 0. The molecule has 2 amide bonds. The lowest BCUT2D eigenvalue weighted by Gasteiger charge is -2.33. The fourth-order valence-electron chi connectivity index (χ4n) is 5.96. The number of anilines is 1. The number of nitrogens with zero attached hydrogens (tertiary/aromatic N) is 6. The van der Waals surface area contributed by atoms with Crippen molar-refractivity contribution in [2.75, 3.05) is 104 Å². The Morgan fingerprint density at radius 2 is 1.02 bits per heavy atom. The van der Waals surface area contributed by atoms with E-state index in [1.54, 1.807) is 43.7 Å². The first-order valence-electron chi connectivity index (χ1n) is 18.9. The molecule has 0 atom stereocenters. The van der Waals surface area contributed by atoms with E-state index >= 15 is 0 Å². The fraction of sp³-hybridized carbons (Fsp3) is 0.667. The van der Waals surface area contributed by atoms with E-state index in [-0.39, 0.29) is 82.5 Å². The first-order chi connectivity index (χ1) is 26.1. The van der Waals surface area contributed by atoms with Gasteiger partial charge in [-0.25, -0.2) is 0 Å². The summed E-state index contributed by atoms with van der Waals surface area (Å²) in [6.07, 6.45) is 2.74. The van der Waals surface area contributed by atoms with Crippen molar-refractivity contribution in [3.05, 3.63) is 24.3 Å². The van der Waals surface area contributed by atoms with Crippen molar-refractivity contribution >= 4 is 54.0 Å². The van der Waals surface area contributed by atoms with Gasteiger partial charge in [0.15, 0.2) is 0 Å². The maximum absolute atomic E-state index is 13.3. The van der Waals surface area contributed by atoms with Gasteiger partial charge < -0.3 is 40.3 Å². The van der Waals surface area contributed by atoms with Crippen molar-refractivity contribution in [2.24, 2.45) is 0 Å². The van der Waals surface area contributed by atoms with Gasteiger partial charge >= 0.3 is 31.0 Å². The molecule has 310 valence electrons. The molecule has 0 saturated carbocycles. The second kappa shape index (κ2) is 27.4. The number of aliphatic carboxylic acids is 4. The molecule has 2 rings (SSSR count). The normalized spacial score (nSPS) is 15.1. The van der Waals surface area contributed by atoms with Gasteiger partial charge in [-0.1, -0.05) is 26.0 Å². The molecule has 1 aliphatic heterocycles. The molecule has 0 aromatic heterocycles. The quantitative estimate of drug-likeness (QED) is 0.0679. The minimum atomic E-state index is -1.71. The highest BCUT2D eigenvalue weighted by atomic mass is 16.4. The Kier molecular flexibility index (Phi) is 24.4. The maximum Gasteiger partial charge on any atom is 0.488 e. The van der Waals surface area contributed by atoms with Gasteiger partial charge in [0.05, 0.1) is 26.2 Å². The second-order valence-corrected chi connectivity index (χ2v) is 13.3. The van der Waals surface area contributed by atoms with Crippen molar-refractivity contribution in [3.8, 4) is 0 Å². The van der Waals surface area contributed by atoms with E-state index in [0.29, 0.717) is 77.1 Å². The van der Waals surface area contributed by atoms with E-state index in [1.807, 2.05) is 18.7 Å². The highest BCUT2D eigenvalue weighted by molar-refractivity contribution is 6.58. The number of carbonyl (C=O) groups excluding carboxylic acids is 2. The number of carboxylic acid groups (broad SMARTS) is 4. The van der Waals surface area contributed by atoms with Crippen LogP contribution < -0.4 is 10.4 Å². The largest absolute Gasteiger partial charge is 0.488 e. The van der Waals surface area contributed by atoms with Crippen molar-refractivity contribution in [2.45, 2.75) is 58.8 Å². The summed E-state index contributed by atoms with van der Waals surface area (Å²) in [5.74, 6) is -4.41. The number of rotatable bonds is 21. The predicted molar refractivity (Wildman–Crippen MR) is 206 cm³/mol. The third kappa shape index (κ3) is 21.5. The SMILES string of the molecule is CC.CN(CCCCCN(C(=O)CCCCC(=O)O)c1cccc(B(O)O)c1)C(=O)CN1CCN(CC(=O)O)CCN(CC(=O)O)CCN(CC(=O)O)CC1. The average molecular weight is 781 g/mol. The second-order valence-electron chi connectivity index (χ2n) is 13.3. The molecule has 0 radical (unpaired) electrons. The first kappa shape index (κ1) is 48.9. The number of likely N-dealkylation sites (N-methyl/N-ethyl adjacent to an activating group) is 1. The minimum Gasteiger partial charge on any atom is -0.481 e. The lowest BCUT2D eigenvalue weighted by Crippen LogP contribution is -2.50. The number of unbranched alkanes of at least 4 members (excludes halogenated alkanes) is 3. The van der Waals surface area contributed by atoms with Gasteiger partial charge in [-0.3, -0.25) is 48.4 Å². The summed E-state index contributed by atoms with van der Waals surface area (Å²) in [5.41, 5.74) is 0.730. The van der Waals surface area contributed by atoms with Crippen LogP contribution in [0.1, 0.15) is 58.8 Å². The molecule has 1 aromatic rings. The van der Waals surface area contributed by atoms with Gasteiger partial charge in [-0.15, -0.1) is 0 Å². The van der Waals surface area contributed by atoms with Crippen LogP contribution in [0.4, 0.5) is 5.69 Å². The molecule has 1 saturated heterocycles. The van der Waals surface area contributed by atoms with E-state index < -0.39 is 31.0 Å². The smallest absolute Gasteiger partial charge is 0.481 e. The number of hydrogen-bond donors (Lipinski definition) is 6. The maximum atomic E-state index is 13.3. The van der Waals surface area contributed by atoms with E-state index in [2.05, 4.69) is 0 Å². The zero-order valence-corrected chi connectivity index (χ0v) is 32.6. The van der Waals surface area contributed by atoms with Crippen LogP contribution in [0.2, 0.25) is 0 Å². The summed E-state index contributed by atoms with van der Waals surface area (Å²) in [6.45, 7) is 6.42. The monoisotopic (exact) mass is 780 g/mol. The van der Waals surface area contributed by atoms with Crippen molar-refractivity contribution in [3.63, 3.8) is 0 Å². The molecule has 0 spiro atoms. The zero-order chi connectivity index (χ0) is 41.3. The Balaban J connectivity index is 0.00000743. The molecule has 1 fully saturated rings. The number of carboxylic acids is 4. The number of carbonyl (C=O) groups is 6. The van der Waals surface area contributed by atoms with Crippen LogP contribution in [0.25, 0.3) is 0 Å². The predicted octanol–water partition coefficient (Wildman–Crippen LogP) is -0.525. The standard InChI is InChI=1S/C34H55BN6O12.C2H6/c1-36(12-5-2-6-13-41(29(42)10-3-4-11-31(44)45)28-9-7-8-27(22-28)35(52)53)30(43)23-37-14-16-38(24-32(46)47)18-20-40(26-34(50)51)21-19-39(17-15-37)25-33(48)49;1-2/h7-9,22,52-53H,2-6,10-21,23-26H2,1H3,(H,44,45)(H,46,47)(H,48,49)(H,50,51);1-2H3. The van der Waals surface area contributed by atoms with Crippen LogP contribution in [-0.2, 0) is 28.8 Å². The molecule has 0 aliphatic carbocycles. The molecule has 1 aliphatic rings. The zero-order valence-electron chi connectivity index (χ0n) is 32.6. The summed E-state index contributed by atoms with van der Waals surface area (Å²) in [5, 5.41) is 56.4. The van der Waals surface area contributed by atoms with Gasteiger partial charge in [0.1, 0.15) is 0 Å². The van der Waals surface area contributed by atoms with Crippen molar-refractivity contribution < 1.29 is 59.2 Å². The van der Waals surface area contributed by atoms with E-state index in [4.69, 9.17) is 5.11 Å². The Labute approximate surface area is 324 Å². The average Bonchev–Trinajstić information content (AvgIpc) is 3.12. The summed E-state index contributed by atoms with van der Waals surface area (Å²) in [6, 6.07) is 6.38. The molecule has 18 nitrogen and oxygen atoms in total. The minimum absolute atomic E-state index is 0.0284. The lowest BCUT2D eigenvalue weighted by atomic mass is 9.80. The van der Waals surface area contributed by atoms with Gasteiger partial charge in [0.2, 0.25) is 11.8 Å². The topological polar surface area (TPSA) is 243 Å². The molecule has 55 heavy (non-hydrogen) atoms. The Hall–Kier alpha value is -4.14. The summed E-state index contributed by atoms with van der Waals surface area (Å²) in [4.78, 5) is 81.9. The fourth-order valence-corrected chi connectivity index (χ4v) is 5.96. The number of benzene rings is 1. The van der Waals surface area contributed by atoms with E-state index in [9.17, 15) is 54.1 Å². The van der Waals surface area contributed by atoms with Crippen LogP contribution >= 0.6 is 0 Å². The van der Waals surface area contributed by atoms with Crippen LogP contribution in [0.15, 0.2) is 24.3 Å². The lowest BCUT2D eigenvalue weighted by molar-refractivity contribution is -0.140. The summed E-state index contributed by atoms with van der Waals surface area (Å²) >= 11 is 0. The van der Waals surface area contributed by atoms with Crippen LogP contribution in [0, 0.1) is 0 Å². The van der Waals surface area contributed by atoms with Crippen LogP contribution in [0.5, 0.6) is 0 Å². The van der Waals surface area contributed by atoms with Crippen LogP contribution in [0.3, 0.4) is 0 Å². The number of hydrogen-bond acceptors (Lipinski definition) is 12. The third-order valence-electron chi connectivity index (χ3n) is 8.98. The molecule has 19 heteroatoms. The Morgan fingerprint density at radius 3 is 1.45 bits per heavy atom. The number of amides is 2. The molecule has 1 heterocycles. The van der Waals surface area contributed by atoms with E-state index in [1.165, 1.54) is 12.1 Å². The van der Waals surface area contributed by atoms with Crippen LogP contribution in [-0.4, -0.2) is 196 Å². The highest BCUT2D eigenvalue weighted by Gasteiger charge is 2.23. The van der Waals surface area contributed by atoms with Gasteiger partial charge in [0, 0.05) is 91.0 Å². The van der Waals surface area contributed by atoms with Gasteiger partial charge in [0.25, 0.3) is 0 Å². The third-order valence-corrected chi connectivity index (χ3v) is 8.98.